The Bertz CT molecular complexity index is 945. The van der Waals surface area contributed by atoms with Crippen molar-refractivity contribution in [3.05, 3.63) is 104 Å². The fourth-order valence-electron chi connectivity index (χ4n) is 3.09. The summed E-state index contributed by atoms with van der Waals surface area (Å²) in [5.41, 5.74) is 3.99. The normalized spacial score (nSPS) is 18.7. The van der Waals surface area contributed by atoms with E-state index >= 15 is 0 Å². The molecule has 26 heavy (non-hydrogen) atoms. The van der Waals surface area contributed by atoms with Crippen molar-refractivity contribution in [3.8, 4) is 0 Å². The van der Waals surface area contributed by atoms with Gasteiger partial charge in [0.05, 0.1) is 4.92 Å². The average molecular weight is 411 g/mol. The van der Waals surface area contributed by atoms with Crippen LogP contribution >= 0.6 is 15.9 Å². The average Bonchev–Trinajstić information content (AvgIpc) is 2.68. The zero-order valence-corrected chi connectivity index (χ0v) is 15.2. The zero-order chi connectivity index (χ0) is 18.1. The molecule has 0 radical (unpaired) electrons. The van der Waals surface area contributed by atoms with Crippen molar-refractivity contribution in [2.45, 2.75) is 12.3 Å². The van der Waals surface area contributed by atoms with Crippen LogP contribution in [0.15, 0.2) is 77.3 Å². The van der Waals surface area contributed by atoms with Gasteiger partial charge in [-0.3, -0.25) is 10.1 Å². The maximum Gasteiger partial charge on any atom is 0.269 e. The number of rotatable bonds is 3. The molecule has 1 N–H and O–H groups in total. The number of hydrogen-bond acceptors (Lipinski definition) is 4. The number of nitro groups is 1. The van der Waals surface area contributed by atoms with Crippen molar-refractivity contribution in [3.63, 3.8) is 0 Å². The van der Waals surface area contributed by atoms with Crippen LogP contribution in [0.5, 0.6) is 0 Å². The molecule has 1 heterocycles. The molecule has 0 fully saturated rings. The first-order chi connectivity index (χ1) is 12.6. The van der Waals surface area contributed by atoms with Gasteiger partial charge in [0.25, 0.3) is 5.69 Å². The number of fused-ring (bicyclic) bond motifs is 1. The number of non-ortho nitro benzene ring substituents is 1. The van der Waals surface area contributed by atoms with E-state index in [1.165, 1.54) is 12.1 Å². The first-order valence-electron chi connectivity index (χ1n) is 8.12. The van der Waals surface area contributed by atoms with Gasteiger partial charge in [0.2, 0.25) is 0 Å². The molecule has 2 atom stereocenters. The van der Waals surface area contributed by atoms with E-state index in [-0.39, 0.29) is 11.8 Å². The highest BCUT2D eigenvalue weighted by molar-refractivity contribution is 9.10. The largest absolute Gasteiger partial charge is 0.356 e. The molecular weight excluding hydrogens is 396 g/mol. The third-order valence-electron chi connectivity index (χ3n) is 4.36. The summed E-state index contributed by atoms with van der Waals surface area (Å²) < 4.78 is 7.32. The first kappa shape index (κ1) is 16.8. The van der Waals surface area contributed by atoms with Gasteiger partial charge in [-0.1, -0.05) is 46.3 Å². The van der Waals surface area contributed by atoms with Gasteiger partial charge in [0.15, 0.2) is 6.23 Å². The third kappa shape index (κ3) is 3.21. The minimum Gasteiger partial charge on any atom is -0.356 e. The van der Waals surface area contributed by atoms with E-state index in [0.29, 0.717) is 0 Å². The molecule has 0 aliphatic carbocycles. The minimum atomic E-state index is -0.404. The summed E-state index contributed by atoms with van der Waals surface area (Å²) in [5, 5.41) is 14.3. The van der Waals surface area contributed by atoms with E-state index < -0.39 is 11.2 Å². The van der Waals surface area contributed by atoms with Gasteiger partial charge in [0, 0.05) is 33.4 Å². The Kier molecular flexibility index (Phi) is 4.44. The smallest absolute Gasteiger partial charge is 0.269 e. The maximum atomic E-state index is 10.9. The molecule has 1 aliphatic rings. The van der Waals surface area contributed by atoms with Crippen LogP contribution in [-0.2, 0) is 4.74 Å². The highest BCUT2D eigenvalue weighted by Crippen LogP contribution is 2.42. The lowest BCUT2D eigenvalue weighted by molar-refractivity contribution is -0.384. The van der Waals surface area contributed by atoms with E-state index in [9.17, 15) is 10.1 Å². The fourth-order valence-corrected chi connectivity index (χ4v) is 3.46. The Morgan fingerprint density at radius 2 is 1.69 bits per heavy atom. The van der Waals surface area contributed by atoms with Crippen molar-refractivity contribution in [2.24, 2.45) is 0 Å². The van der Waals surface area contributed by atoms with Gasteiger partial charge in [0.1, 0.15) is 6.10 Å². The van der Waals surface area contributed by atoms with Crippen LogP contribution < -0.4 is 5.32 Å². The molecule has 0 saturated heterocycles. The van der Waals surface area contributed by atoms with Gasteiger partial charge >= 0.3 is 0 Å². The molecule has 3 aromatic rings. The molecule has 0 saturated carbocycles. The summed E-state index contributed by atoms with van der Waals surface area (Å²) >= 11 is 3.52. The SMILES string of the molecule is O=[N+]([O-])c1ccc([C@@H]2Nc3ccc(Br)cc3[C@H](c3ccccc3)O2)cc1. The second-order valence-corrected chi connectivity index (χ2v) is 6.95. The Balaban J connectivity index is 1.73. The van der Waals surface area contributed by atoms with Crippen LogP contribution in [0.3, 0.4) is 0 Å². The standard InChI is InChI=1S/C20H15BrN2O3/c21-15-8-11-18-17(12-15)19(13-4-2-1-3-5-13)26-20(22-18)14-6-9-16(10-7-14)23(24)25/h1-12,19-20,22H/t19-,20+/m0/s1. The van der Waals surface area contributed by atoms with Crippen molar-refractivity contribution >= 4 is 27.3 Å². The third-order valence-corrected chi connectivity index (χ3v) is 4.86. The Morgan fingerprint density at radius 3 is 2.38 bits per heavy atom. The Morgan fingerprint density at radius 1 is 0.962 bits per heavy atom. The van der Waals surface area contributed by atoms with Crippen molar-refractivity contribution in [1.29, 1.82) is 0 Å². The molecule has 3 aromatic carbocycles. The monoisotopic (exact) mass is 410 g/mol. The van der Waals surface area contributed by atoms with E-state index in [1.807, 2.05) is 48.5 Å². The number of nitrogens with one attached hydrogen (secondary N) is 1. The number of nitro benzene ring substituents is 1. The highest BCUT2D eigenvalue weighted by atomic mass is 79.9. The molecule has 0 spiro atoms. The second-order valence-electron chi connectivity index (χ2n) is 6.03. The molecule has 1 aliphatic heterocycles. The number of ether oxygens (including phenoxy) is 1. The van der Waals surface area contributed by atoms with E-state index in [1.54, 1.807) is 12.1 Å². The van der Waals surface area contributed by atoms with Crippen molar-refractivity contribution in [1.82, 2.24) is 0 Å². The fraction of sp³-hybridized carbons (Fsp3) is 0.100. The van der Waals surface area contributed by atoms with Crippen LogP contribution in [0.1, 0.15) is 29.0 Å². The summed E-state index contributed by atoms with van der Waals surface area (Å²) in [5.74, 6) is 0. The van der Waals surface area contributed by atoms with Crippen LogP contribution in [-0.4, -0.2) is 4.92 Å². The Hall–Kier alpha value is -2.70. The predicted molar refractivity (Wildman–Crippen MR) is 103 cm³/mol. The molecule has 0 amide bonds. The van der Waals surface area contributed by atoms with Gasteiger partial charge in [-0.15, -0.1) is 0 Å². The Labute approximate surface area is 158 Å². The summed E-state index contributed by atoms with van der Waals surface area (Å²) in [6, 6.07) is 22.5. The highest BCUT2D eigenvalue weighted by Gasteiger charge is 2.29. The summed E-state index contributed by atoms with van der Waals surface area (Å²) in [6.07, 6.45) is -0.625. The minimum absolute atomic E-state index is 0.0634. The summed E-state index contributed by atoms with van der Waals surface area (Å²) in [7, 11) is 0. The number of nitrogens with zero attached hydrogens (tertiary/aromatic N) is 1. The van der Waals surface area contributed by atoms with E-state index in [0.717, 1.165) is 26.9 Å². The summed E-state index contributed by atoms with van der Waals surface area (Å²) in [4.78, 5) is 10.5. The molecule has 0 bridgehead atoms. The number of hydrogen-bond donors (Lipinski definition) is 1. The van der Waals surface area contributed by atoms with Crippen LogP contribution in [0.4, 0.5) is 11.4 Å². The van der Waals surface area contributed by atoms with E-state index in [2.05, 4.69) is 21.2 Å². The van der Waals surface area contributed by atoms with E-state index in [4.69, 9.17) is 4.74 Å². The van der Waals surface area contributed by atoms with Gasteiger partial charge in [-0.25, -0.2) is 0 Å². The predicted octanol–water partition coefficient (Wildman–Crippen LogP) is 5.59. The summed E-state index contributed by atoms with van der Waals surface area (Å²) in [6.45, 7) is 0. The zero-order valence-electron chi connectivity index (χ0n) is 13.6. The van der Waals surface area contributed by atoms with Crippen molar-refractivity contribution in [2.75, 3.05) is 5.32 Å². The lowest BCUT2D eigenvalue weighted by atomic mass is 9.97. The van der Waals surface area contributed by atoms with Gasteiger partial charge < -0.3 is 10.1 Å². The number of halogens is 1. The molecule has 4 rings (SSSR count). The first-order valence-corrected chi connectivity index (χ1v) is 8.92. The quantitative estimate of drug-likeness (QED) is 0.451. The van der Waals surface area contributed by atoms with Crippen LogP contribution in [0, 0.1) is 10.1 Å². The lowest BCUT2D eigenvalue weighted by Gasteiger charge is -2.34. The van der Waals surface area contributed by atoms with Gasteiger partial charge in [-0.2, -0.15) is 0 Å². The number of benzene rings is 3. The van der Waals surface area contributed by atoms with Crippen LogP contribution in [0.25, 0.3) is 0 Å². The number of anilines is 1. The van der Waals surface area contributed by atoms with Crippen LogP contribution in [0.2, 0.25) is 0 Å². The molecule has 0 aromatic heterocycles. The topological polar surface area (TPSA) is 64.4 Å². The molecule has 130 valence electrons. The second kappa shape index (κ2) is 6.90. The molecule has 6 heteroatoms. The molecule has 5 nitrogen and oxygen atoms in total. The molecule has 0 unspecified atom stereocenters. The molecular formula is C20H15BrN2O3. The lowest BCUT2D eigenvalue weighted by Crippen LogP contribution is -2.25. The maximum absolute atomic E-state index is 10.9. The van der Waals surface area contributed by atoms with Crippen molar-refractivity contribution < 1.29 is 9.66 Å². The van der Waals surface area contributed by atoms with Gasteiger partial charge in [-0.05, 0) is 35.9 Å².